The molecule has 0 heterocycles. The standard InChI is InChI=1S/C8H17N3O4/c1-9-3-2-4-10-8(15)11-5-6(12)7(13)14/h6,9,12H,2-5H2,1H3,(H,13,14)(H2,10,11,15)/t6-/m0/s1. The molecule has 5 N–H and O–H groups in total. The Kier molecular flexibility index (Phi) is 7.29. The number of rotatable bonds is 7. The van der Waals surface area contributed by atoms with Crippen LogP contribution in [0.25, 0.3) is 0 Å². The molecule has 0 unspecified atom stereocenters. The van der Waals surface area contributed by atoms with E-state index in [2.05, 4.69) is 16.0 Å². The van der Waals surface area contributed by atoms with Crippen molar-refractivity contribution in [3.63, 3.8) is 0 Å². The Hall–Kier alpha value is -1.34. The van der Waals surface area contributed by atoms with Crippen molar-refractivity contribution in [3.05, 3.63) is 0 Å². The number of urea groups is 1. The average molecular weight is 219 g/mol. The Bertz CT molecular complexity index is 210. The number of nitrogens with one attached hydrogen (secondary N) is 3. The zero-order valence-corrected chi connectivity index (χ0v) is 8.62. The number of hydrogen-bond donors (Lipinski definition) is 5. The van der Waals surface area contributed by atoms with Gasteiger partial charge in [-0.05, 0) is 20.0 Å². The van der Waals surface area contributed by atoms with Gasteiger partial charge in [0, 0.05) is 6.54 Å². The minimum Gasteiger partial charge on any atom is -0.479 e. The molecule has 0 bridgehead atoms. The summed E-state index contributed by atoms with van der Waals surface area (Å²) in [5, 5.41) is 24.8. The fourth-order valence-electron chi connectivity index (χ4n) is 0.806. The zero-order chi connectivity index (χ0) is 11.7. The van der Waals surface area contributed by atoms with Crippen LogP contribution in [-0.4, -0.2) is 55.0 Å². The van der Waals surface area contributed by atoms with Crippen LogP contribution in [0.3, 0.4) is 0 Å². The minimum absolute atomic E-state index is 0.298. The summed E-state index contributed by atoms with van der Waals surface area (Å²) in [6.45, 7) is 0.987. The van der Waals surface area contributed by atoms with Crippen LogP contribution >= 0.6 is 0 Å². The maximum atomic E-state index is 11.0. The van der Waals surface area contributed by atoms with Crippen LogP contribution < -0.4 is 16.0 Å². The monoisotopic (exact) mass is 219 g/mol. The second-order valence-electron chi connectivity index (χ2n) is 2.95. The van der Waals surface area contributed by atoms with Gasteiger partial charge >= 0.3 is 12.0 Å². The molecule has 0 fully saturated rings. The maximum absolute atomic E-state index is 11.0. The van der Waals surface area contributed by atoms with Crippen LogP contribution in [0.4, 0.5) is 4.79 Å². The van der Waals surface area contributed by atoms with Gasteiger partial charge in [0.15, 0.2) is 6.10 Å². The highest BCUT2D eigenvalue weighted by Crippen LogP contribution is 1.80. The highest BCUT2D eigenvalue weighted by atomic mass is 16.4. The summed E-state index contributed by atoms with van der Waals surface area (Å²) in [5.41, 5.74) is 0. The lowest BCUT2D eigenvalue weighted by Crippen LogP contribution is -2.42. The molecule has 7 heteroatoms. The van der Waals surface area contributed by atoms with Crippen molar-refractivity contribution in [1.29, 1.82) is 0 Å². The predicted octanol–water partition coefficient (Wildman–Crippen LogP) is -1.66. The number of carboxylic acid groups (broad SMARTS) is 1. The quantitative estimate of drug-likeness (QED) is 0.329. The third-order valence-electron chi connectivity index (χ3n) is 1.63. The van der Waals surface area contributed by atoms with Crippen molar-refractivity contribution < 1.29 is 19.8 Å². The summed E-state index contributed by atoms with van der Waals surface area (Å²) >= 11 is 0. The number of carboxylic acids is 1. The molecule has 7 nitrogen and oxygen atoms in total. The third kappa shape index (κ3) is 7.71. The van der Waals surface area contributed by atoms with Crippen LogP contribution in [0, 0.1) is 0 Å². The van der Waals surface area contributed by atoms with Crippen molar-refractivity contribution in [2.45, 2.75) is 12.5 Å². The molecule has 0 radical (unpaired) electrons. The summed E-state index contributed by atoms with van der Waals surface area (Å²) in [6, 6.07) is -0.480. The van der Waals surface area contributed by atoms with Gasteiger partial charge in [0.05, 0.1) is 6.54 Å². The van der Waals surface area contributed by atoms with Gasteiger partial charge < -0.3 is 26.2 Å². The van der Waals surface area contributed by atoms with E-state index in [-0.39, 0.29) is 6.54 Å². The molecule has 88 valence electrons. The molecule has 15 heavy (non-hydrogen) atoms. The van der Waals surface area contributed by atoms with Crippen molar-refractivity contribution in [2.75, 3.05) is 26.7 Å². The van der Waals surface area contributed by atoms with Crippen LogP contribution in [0.15, 0.2) is 0 Å². The third-order valence-corrected chi connectivity index (χ3v) is 1.63. The van der Waals surface area contributed by atoms with E-state index in [9.17, 15) is 9.59 Å². The number of carbonyl (C=O) groups excluding carboxylic acids is 1. The SMILES string of the molecule is CNCCCNC(=O)NC[C@H](O)C(=O)O. The highest BCUT2D eigenvalue weighted by molar-refractivity contribution is 5.76. The maximum Gasteiger partial charge on any atom is 0.334 e. The van der Waals surface area contributed by atoms with Gasteiger partial charge in [0.25, 0.3) is 0 Å². The van der Waals surface area contributed by atoms with Crippen LogP contribution in [-0.2, 0) is 4.79 Å². The first-order valence-electron chi connectivity index (χ1n) is 4.65. The van der Waals surface area contributed by atoms with Crippen molar-refractivity contribution in [3.8, 4) is 0 Å². The van der Waals surface area contributed by atoms with E-state index in [1.165, 1.54) is 0 Å². The number of aliphatic carboxylic acids is 1. The second kappa shape index (κ2) is 8.01. The number of aliphatic hydroxyl groups excluding tert-OH is 1. The molecule has 0 aliphatic carbocycles. The topological polar surface area (TPSA) is 111 Å². The summed E-state index contributed by atoms with van der Waals surface area (Å²) < 4.78 is 0. The van der Waals surface area contributed by atoms with Crippen LogP contribution in [0.2, 0.25) is 0 Å². The molecular weight excluding hydrogens is 202 g/mol. The van der Waals surface area contributed by atoms with E-state index >= 15 is 0 Å². The molecule has 0 aliphatic heterocycles. The second-order valence-corrected chi connectivity index (χ2v) is 2.95. The fourth-order valence-corrected chi connectivity index (χ4v) is 0.806. The predicted molar refractivity (Wildman–Crippen MR) is 53.6 cm³/mol. The molecule has 0 saturated carbocycles. The van der Waals surface area contributed by atoms with Gasteiger partial charge in [-0.1, -0.05) is 0 Å². The number of amides is 2. The molecule has 0 aromatic rings. The molecule has 0 aliphatic rings. The van der Waals surface area contributed by atoms with Gasteiger partial charge in [0.2, 0.25) is 0 Å². The van der Waals surface area contributed by atoms with E-state index in [1.807, 2.05) is 7.05 Å². The number of hydrogen-bond acceptors (Lipinski definition) is 4. The summed E-state index contributed by atoms with van der Waals surface area (Å²) in [6.07, 6.45) is -0.779. The lowest BCUT2D eigenvalue weighted by Gasteiger charge is -2.09. The first kappa shape index (κ1) is 13.7. The molecule has 0 aromatic heterocycles. The Balaban J connectivity index is 3.45. The smallest absolute Gasteiger partial charge is 0.334 e. The Morgan fingerprint density at radius 3 is 2.47 bits per heavy atom. The van der Waals surface area contributed by atoms with Gasteiger partial charge in [-0.3, -0.25) is 0 Å². The van der Waals surface area contributed by atoms with Gasteiger partial charge in [-0.15, -0.1) is 0 Å². The van der Waals surface area contributed by atoms with Crippen molar-refractivity contribution in [1.82, 2.24) is 16.0 Å². The highest BCUT2D eigenvalue weighted by Gasteiger charge is 2.13. The summed E-state index contributed by atoms with van der Waals surface area (Å²) in [4.78, 5) is 21.2. The zero-order valence-electron chi connectivity index (χ0n) is 8.62. The molecule has 0 rings (SSSR count). The van der Waals surface area contributed by atoms with E-state index in [0.29, 0.717) is 6.54 Å². The first-order valence-corrected chi connectivity index (χ1v) is 4.65. The van der Waals surface area contributed by atoms with Gasteiger partial charge in [-0.2, -0.15) is 0 Å². The largest absolute Gasteiger partial charge is 0.479 e. The van der Waals surface area contributed by atoms with Crippen LogP contribution in [0.1, 0.15) is 6.42 Å². The van der Waals surface area contributed by atoms with Gasteiger partial charge in [-0.25, -0.2) is 9.59 Å². The molecule has 1 atom stereocenters. The Morgan fingerprint density at radius 2 is 1.93 bits per heavy atom. The lowest BCUT2D eigenvalue weighted by atomic mass is 10.3. The number of carbonyl (C=O) groups is 2. The van der Waals surface area contributed by atoms with E-state index in [1.54, 1.807) is 0 Å². The first-order chi connectivity index (χ1) is 7.07. The Morgan fingerprint density at radius 1 is 1.27 bits per heavy atom. The summed E-state index contributed by atoms with van der Waals surface area (Å²) in [7, 11) is 1.81. The van der Waals surface area contributed by atoms with Crippen LogP contribution in [0.5, 0.6) is 0 Å². The van der Waals surface area contributed by atoms with Gasteiger partial charge in [0.1, 0.15) is 0 Å². The molecule has 0 aromatic carbocycles. The van der Waals surface area contributed by atoms with Crippen molar-refractivity contribution in [2.24, 2.45) is 0 Å². The molecule has 0 saturated heterocycles. The van der Waals surface area contributed by atoms with E-state index < -0.39 is 18.1 Å². The molecule has 2 amide bonds. The average Bonchev–Trinajstić information content (AvgIpc) is 2.20. The Labute approximate surface area is 87.9 Å². The lowest BCUT2D eigenvalue weighted by molar-refractivity contribution is -0.146. The molecule has 0 spiro atoms. The van der Waals surface area contributed by atoms with E-state index in [4.69, 9.17) is 10.2 Å². The summed E-state index contributed by atoms with van der Waals surface area (Å²) in [5.74, 6) is -1.36. The van der Waals surface area contributed by atoms with Crippen molar-refractivity contribution >= 4 is 12.0 Å². The number of aliphatic hydroxyl groups is 1. The fraction of sp³-hybridized carbons (Fsp3) is 0.750. The molecular formula is C8H17N3O4. The van der Waals surface area contributed by atoms with E-state index in [0.717, 1.165) is 13.0 Å². The minimum atomic E-state index is -1.56. The normalized spacial score (nSPS) is 11.9.